The highest BCUT2D eigenvalue weighted by molar-refractivity contribution is 6.32. The Hall–Kier alpha value is -0.930. The van der Waals surface area contributed by atoms with Crippen LogP contribution in [0.5, 0.6) is 5.75 Å². The molecular weight excluding hydrogens is 214 g/mol. The van der Waals surface area contributed by atoms with Gasteiger partial charge < -0.3 is 14.4 Å². The van der Waals surface area contributed by atoms with Crippen LogP contribution in [0.3, 0.4) is 0 Å². The van der Waals surface area contributed by atoms with Gasteiger partial charge in [-0.3, -0.25) is 0 Å². The number of anilines is 1. The van der Waals surface area contributed by atoms with Crippen molar-refractivity contribution in [3.05, 3.63) is 23.2 Å². The van der Waals surface area contributed by atoms with Gasteiger partial charge in [0.2, 0.25) is 0 Å². The van der Waals surface area contributed by atoms with Gasteiger partial charge in [-0.05, 0) is 12.1 Å². The molecule has 2 rings (SSSR count). The van der Waals surface area contributed by atoms with E-state index in [1.54, 1.807) is 7.11 Å². The summed E-state index contributed by atoms with van der Waals surface area (Å²) in [6, 6.07) is 5.77. The number of methoxy groups -OCH3 is 1. The first-order chi connectivity index (χ1) is 7.22. The van der Waals surface area contributed by atoms with Gasteiger partial charge in [-0.15, -0.1) is 0 Å². The van der Waals surface area contributed by atoms with Crippen molar-refractivity contribution in [3.63, 3.8) is 0 Å². The number of likely N-dealkylation sites (N-methyl/N-ethyl adjacent to an activating group) is 1. The lowest BCUT2D eigenvalue weighted by atomic mass is 10.2. The highest BCUT2D eigenvalue weighted by Crippen LogP contribution is 2.38. The Balaban J connectivity index is 2.29. The van der Waals surface area contributed by atoms with E-state index in [4.69, 9.17) is 21.1 Å². The van der Waals surface area contributed by atoms with Gasteiger partial charge in [0.25, 0.3) is 0 Å². The molecule has 1 aliphatic heterocycles. The van der Waals surface area contributed by atoms with Crippen LogP contribution in [0, 0.1) is 0 Å². The number of ether oxygens (including phenoxy) is 2. The lowest BCUT2D eigenvalue weighted by molar-refractivity contribution is 0.0802. The molecule has 0 saturated carbocycles. The molecule has 82 valence electrons. The monoisotopic (exact) mass is 227 g/mol. The lowest BCUT2D eigenvalue weighted by Crippen LogP contribution is -2.40. The van der Waals surface area contributed by atoms with E-state index in [0.717, 1.165) is 18.0 Å². The average molecular weight is 228 g/mol. The summed E-state index contributed by atoms with van der Waals surface area (Å²) in [5.41, 5.74) is 1.04. The molecule has 1 aromatic carbocycles. The van der Waals surface area contributed by atoms with Crippen molar-refractivity contribution >= 4 is 17.3 Å². The first kappa shape index (κ1) is 10.6. The second-order valence-electron chi connectivity index (χ2n) is 3.66. The molecule has 0 spiro atoms. The van der Waals surface area contributed by atoms with Gasteiger partial charge in [0.1, 0.15) is 6.10 Å². The molecule has 1 heterocycles. The summed E-state index contributed by atoms with van der Waals surface area (Å²) in [4.78, 5) is 2.13. The Labute approximate surface area is 94.5 Å². The quantitative estimate of drug-likeness (QED) is 0.773. The van der Waals surface area contributed by atoms with Crippen LogP contribution in [0.4, 0.5) is 5.69 Å². The molecule has 3 nitrogen and oxygen atoms in total. The van der Waals surface area contributed by atoms with Gasteiger partial charge in [0.15, 0.2) is 5.75 Å². The molecule has 4 heteroatoms. The number of benzene rings is 1. The number of rotatable bonds is 2. The smallest absolute Gasteiger partial charge is 0.161 e. The van der Waals surface area contributed by atoms with Gasteiger partial charge in [-0.1, -0.05) is 17.7 Å². The highest BCUT2D eigenvalue weighted by atomic mass is 35.5. The number of hydrogen-bond acceptors (Lipinski definition) is 3. The molecule has 0 aliphatic carbocycles. The lowest BCUT2D eigenvalue weighted by Gasteiger charge is -2.33. The molecule has 0 radical (unpaired) electrons. The van der Waals surface area contributed by atoms with E-state index in [2.05, 4.69) is 4.90 Å². The molecule has 1 aromatic rings. The van der Waals surface area contributed by atoms with Gasteiger partial charge >= 0.3 is 0 Å². The van der Waals surface area contributed by atoms with Crippen molar-refractivity contribution in [1.29, 1.82) is 0 Å². The maximum absolute atomic E-state index is 6.08. The van der Waals surface area contributed by atoms with Gasteiger partial charge in [-0.2, -0.15) is 0 Å². The molecule has 0 fully saturated rings. The van der Waals surface area contributed by atoms with Gasteiger partial charge in [0, 0.05) is 14.2 Å². The van der Waals surface area contributed by atoms with Crippen molar-refractivity contribution in [3.8, 4) is 5.75 Å². The second-order valence-corrected chi connectivity index (χ2v) is 4.07. The number of fused-ring (bicyclic) bond motifs is 1. The topological polar surface area (TPSA) is 21.7 Å². The summed E-state index contributed by atoms with van der Waals surface area (Å²) in [7, 11) is 3.70. The summed E-state index contributed by atoms with van der Waals surface area (Å²) in [6.45, 7) is 1.40. The van der Waals surface area contributed by atoms with E-state index >= 15 is 0 Å². The van der Waals surface area contributed by atoms with Crippen molar-refractivity contribution in [2.24, 2.45) is 0 Å². The molecular formula is C11H14ClNO2. The summed E-state index contributed by atoms with van der Waals surface area (Å²) in [6.07, 6.45) is 0.0485. The van der Waals surface area contributed by atoms with Crippen molar-refractivity contribution in [2.45, 2.75) is 6.10 Å². The Morgan fingerprint density at radius 3 is 3.13 bits per heavy atom. The average Bonchev–Trinajstić information content (AvgIpc) is 2.20. The number of nitrogens with zero attached hydrogens (tertiary/aromatic N) is 1. The minimum Gasteiger partial charge on any atom is -0.482 e. The Morgan fingerprint density at radius 1 is 1.60 bits per heavy atom. The largest absolute Gasteiger partial charge is 0.482 e. The van der Waals surface area contributed by atoms with Crippen molar-refractivity contribution in [2.75, 3.05) is 32.2 Å². The van der Waals surface area contributed by atoms with Crippen LogP contribution in [0.2, 0.25) is 5.02 Å². The predicted octanol–water partition coefficient (Wildman–Crippen LogP) is 2.18. The van der Waals surface area contributed by atoms with Crippen LogP contribution in [-0.2, 0) is 4.74 Å². The fourth-order valence-corrected chi connectivity index (χ4v) is 2.01. The van der Waals surface area contributed by atoms with Crippen LogP contribution in [0.1, 0.15) is 0 Å². The molecule has 0 saturated heterocycles. The zero-order valence-electron chi connectivity index (χ0n) is 8.87. The van der Waals surface area contributed by atoms with E-state index in [1.165, 1.54) is 0 Å². The predicted molar refractivity (Wildman–Crippen MR) is 61.0 cm³/mol. The molecule has 1 atom stereocenters. The Kier molecular flexibility index (Phi) is 3.03. The summed E-state index contributed by atoms with van der Waals surface area (Å²) >= 11 is 6.08. The zero-order valence-corrected chi connectivity index (χ0v) is 9.62. The first-order valence-corrected chi connectivity index (χ1v) is 5.25. The fourth-order valence-electron chi connectivity index (χ4n) is 1.80. The molecule has 1 aliphatic rings. The van der Waals surface area contributed by atoms with Gasteiger partial charge in [-0.25, -0.2) is 0 Å². The van der Waals surface area contributed by atoms with Crippen molar-refractivity contribution < 1.29 is 9.47 Å². The third-order valence-corrected chi connectivity index (χ3v) is 2.77. The van der Waals surface area contributed by atoms with Crippen LogP contribution in [0.25, 0.3) is 0 Å². The maximum atomic E-state index is 6.08. The van der Waals surface area contributed by atoms with E-state index in [-0.39, 0.29) is 6.10 Å². The standard InChI is InChI=1S/C11H14ClNO2/c1-13-6-8(7-14-2)15-11-9(12)4-3-5-10(11)13/h3-5,8H,6-7H2,1-2H3/t8-/m0/s1. The maximum Gasteiger partial charge on any atom is 0.161 e. The van der Waals surface area contributed by atoms with Crippen LogP contribution in [-0.4, -0.2) is 33.4 Å². The van der Waals surface area contributed by atoms with E-state index in [0.29, 0.717) is 11.6 Å². The number of hydrogen-bond donors (Lipinski definition) is 0. The fraction of sp³-hybridized carbons (Fsp3) is 0.455. The second kappa shape index (κ2) is 4.29. The third kappa shape index (κ3) is 2.03. The minimum atomic E-state index is 0.0485. The van der Waals surface area contributed by atoms with E-state index in [1.807, 2.05) is 25.2 Å². The SMILES string of the molecule is COC[C@@H]1CN(C)c2cccc(Cl)c2O1. The molecule has 0 amide bonds. The molecule has 0 unspecified atom stereocenters. The van der Waals surface area contributed by atoms with E-state index < -0.39 is 0 Å². The summed E-state index contributed by atoms with van der Waals surface area (Å²) < 4.78 is 10.9. The van der Waals surface area contributed by atoms with E-state index in [9.17, 15) is 0 Å². The molecule has 0 N–H and O–H groups in total. The highest BCUT2D eigenvalue weighted by Gasteiger charge is 2.24. The Bertz CT molecular complexity index is 356. The summed E-state index contributed by atoms with van der Waals surface area (Å²) in [5, 5.41) is 0.653. The number of halogens is 1. The van der Waals surface area contributed by atoms with Crippen LogP contribution < -0.4 is 9.64 Å². The third-order valence-electron chi connectivity index (χ3n) is 2.47. The minimum absolute atomic E-state index is 0.0485. The number of para-hydroxylation sites is 1. The summed E-state index contributed by atoms with van der Waals surface area (Å²) in [5.74, 6) is 0.759. The zero-order chi connectivity index (χ0) is 10.8. The molecule has 0 aromatic heterocycles. The normalized spacial score (nSPS) is 19.7. The Morgan fingerprint density at radius 2 is 2.40 bits per heavy atom. The first-order valence-electron chi connectivity index (χ1n) is 4.87. The van der Waals surface area contributed by atoms with Gasteiger partial charge in [0.05, 0.1) is 23.9 Å². The molecule has 15 heavy (non-hydrogen) atoms. The molecule has 0 bridgehead atoms. The van der Waals surface area contributed by atoms with Crippen LogP contribution >= 0.6 is 11.6 Å². The van der Waals surface area contributed by atoms with Crippen LogP contribution in [0.15, 0.2) is 18.2 Å². The van der Waals surface area contributed by atoms with Crippen molar-refractivity contribution in [1.82, 2.24) is 0 Å².